The third kappa shape index (κ3) is 3.80. The second-order valence-electron chi connectivity index (χ2n) is 9.28. The number of hydrogen-bond donors (Lipinski definition) is 2. The van der Waals surface area contributed by atoms with Crippen molar-refractivity contribution in [1.82, 2.24) is 30.1 Å². The largest absolute Gasteiger partial charge is 0.337 e. The van der Waals surface area contributed by atoms with Crippen LogP contribution in [0.5, 0.6) is 0 Å². The zero-order valence-electron chi connectivity index (χ0n) is 18.5. The lowest BCUT2D eigenvalue weighted by molar-refractivity contribution is -0.122. The Morgan fingerprint density at radius 2 is 1.80 bits per heavy atom. The summed E-state index contributed by atoms with van der Waals surface area (Å²) in [5.41, 5.74) is 3.68. The molecule has 2 aliphatic heterocycles. The number of alkyl halides is 2. The number of benzene rings is 1. The maximum atomic E-state index is 13.5. The molecule has 5 atom stereocenters. The van der Waals surface area contributed by atoms with E-state index >= 15 is 0 Å². The van der Waals surface area contributed by atoms with Crippen molar-refractivity contribution in [2.45, 2.75) is 36.5 Å². The molecule has 4 amide bonds. The lowest BCUT2D eigenvalue weighted by atomic mass is 9.98. The normalized spacial score (nSPS) is 28.2. The number of halogens is 2. The summed E-state index contributed by atoms with van der Waals surface area (Å²) in [7, 11) is 0. The SMILES string of the molecule is O=C1NCC(c2cc([C@H]3C[C@@H]3c3ccc(C(=O)N4C[C@@H](F)[C@@H](F)C4)cc3)c3nccn3n2)C(=O)N1. The summed E-state index contributed by atoms with van der Waals surface area (Å²) >= 11 is 0. The van der Waals surface area contributed by atoms with E-state index in [0.29, 0.717) is 16.9 Å². The molecular weight excluding hydrogens is 458 g/mol. The lowest BCUT2D eigenvalue weighted by Gasteiger charge is -2.22. The molecule has 1 aliphatic carbocycles. The van der Waals surface area contributed by atoms with Gasteiger partial charge in [-0.05, 0) is 42.0 Å². The first-order chi connectivity index (χ1) is 16.9. The van der Waals surface area contributed by atoms with E-state index in [1.807, 2.05) is 18.2 Å². The Labute approximate surface area is 198 Å². The number of carbonyl (C=O) groups excluding carboxylic acids is 3. The Kier molecular flexibility index (Phi) is 5.01. The number of nitrogens with zero attached hydrogens (tertiary/aromatic N) is 4. The van der Waals surface area contributed by atoms with Crippen LogP contribution in [0.4, 0.5) is 13.6 Å². The molecule has 3 aromatic rings. The summed E-state index contributed by atoms with van der Waals surface area (Å²) in [6.45, 7) is -0.274. The first-order valence-corrected chi connectivity index (χ1v) is 11.5. The summed E-state index contributed by atoms with van der Waals surface area (Å²) in [5, 5.41) is 9.44. The van der Waals surface area contributed by atoms with Crippen molar-refractivity contribution in [3.63, 3.8) is 0 Å². The molecule has 1 aromatic carbocycles. The van der Waals surface area contributed by atoms with Gasteiger partial charge in [-0.25, -0.2) is 23.1 Å². The highest BCUT2D eigenvalue weighted by Crippen LogP contribution is 2.55. The van der Waals surface area contributed by atoms with Gasteiger partial charge in [0.2, 0.25) is 5.91 Å². The van der Waals surface area contributed by atoms with Gasteiger partial charge >= 0.3 is 6.03 Å². The number of aromatic nitrogens is 3. The minimum absolute atomic E-state index is 0.155. The van der Waals surface area contributed by atoms with Crippen LogP contribution in [0.3, 0.4) is 0 Å². The van der Waals surface area contributed by atoms with Gasteiger partial charge < -0.3 is 10.2 Å². The molecule has 2 N–H and O–H groups in total. The van der Waals surface area contributed by atoms with Gasteiger partial charge in [0.1, 0.15) is 0 Å². The van der Waals surface area contributed by atoms with E-state index < -0.39 is 30.2 Å². The van der Waals surface area contributed by atoms with E-state index in [1.54, 1.807) is 29.0 Å². The molecule has 0 radical (unpaired) electrons. The molecule has 35 heavy (non-hydrogen) atoms. The Hall–Kier alpha value is -3.89. The number of rotatable bonds is 4. The molecule has 9 nitrogen and oxygen atoms in total. The third-order valence-electron chi connectivity index (χ3n) is 7.03. The van der Waals surface area contributed by atoms with Gasteiger partial charge in [0, 0.05) is 30.1 Å². The number of imide groups is 1. The second-order valence-corrected chi connectivity index (χ2v) is 9.28. The summed E-state index contributed by atoms with van der Waals surface area (Å²) < 4.78 is 28.6. The zero-order chi connectivity index (χ0) is 24.3. The molecule has 1 saturated carbocycles. The van der Waals surface area contributed by atoms with Crippen LogP contribution >= 0.6 is 0 Å². The minimum atomic E-state index is -1.63. The van der Waals surface area contributed by atoms with Gasteiger partial charge in [0.05, 0.1) is 24.7 Å². The molecule has 2 aromatic heterocycles. The number of likely N-dealkylation sites (tertiary alicyclic amines) is 1. The fourth-order valence-corrected chi connectivity index (χ4v) is 5.03. The number of carbonyl (C=O) groups is 3. The number of fused-ring (bicyclic) bond motifs is 1. The number of urea groups is 1. The molecule has 3 fully saturated rings. The summed E-state index contributed by atoms with van der Waals surface area (Å²) in [6.07, 6.45) is 0.976. The van der Waals surface area contributed by atoms with Crippen LogP contribution in [-0.2, 0) is 4.79 Å². The monoisotopic (exact) mass is 480 g/mol. The molecule has 3 aliphatic rings. The molecule has 4 heterocycles. The van der Waals surface area contributed by atoms with E-state index in [9.17, 15) is 23.2 Å². The Bertz CT molecular complexity index is 1330. The summed E-state index contributed by atoms with van der Waals surface area (Å²) in [4.78, 5) is 42.0. The standard InChI is InChI=1S/C24H22F2N6O3/c25-18-10-31(11-19(18)26)23(34)13-3-1-12(2-4-13)14-7-15(14)16-8-20(30-32-6-5-27-21(16)32)17-9-28-24(35)29-22(17)33/h1-6,8,14-15,17-19H,7,9-11H2,(H2,28,29,33,35)/t14-,15+,17?,18-,19+/m1/s1. The minimum Gasteiger partial charge on any atom is -0.337 e. The van der Waals surface area contributed by atoms with Gasteiger partial charge in [0.15, 0.2) is 18.0 Å². The van der Waals surface area contributed by atoms with Crippen LogP contribution in [0.25, 0.3) is 5.65 Å². The van der Waals surface area contributed by atoms with E-state index in [2.05, 4.69) is 20.7 Å². The van der Waals surface area contributed by atoms with Crippen LogP contribution < -0.4 is 10.6 Å². The third-order valence-corrected chi connectivity index (χ3v) is 7.03. The fourth-order valence-electron chi connectivity index (χ4n) is 5.03. The fraction of sp³-hybridized carbons (Fsp3) is 0.375. The maximum absolute atomic E-state index is 13.5. The zero-order valence-corrected chi connectivity index (χ0v) is 18.5. The highest BCUT2D eigenvalue weighted by Gasteiger charge is 2.42. The van der Waals surface area contributed by atoms with Gasteiger partial charge in [-0.2, -0.15) is 5.10 Å². The molecular formula is C24H22F2N6O3. The van der Waals surface area contributed by atoms with E-state index in [1.165, 1.54) is 4.90 Å². The molecule has 0 bridgehead atoms. The smallest absolute Gasteiger partial charge is 0.321 e. The van der Waals surface area contributed by atoms with E-state index in [-0.39, 0.29) is 37.4 Å². The van der Waals surface area contributed by atoms with Crippen molar-refractivity contribution in [3.05, 3.63) is 65.1 Å². The van der Waals surface area contributed by atoms with Crippen LogP contribution in [0.1, 0.15) is 51.4 Å². The number of imidazole rings is 1. The van der Waals surface area contributed by atoms with Gasteiger partial charge in [-0.1, -0.05) is 12.1 Å². The Morgan fingerprint density at radius 1 is 1.06 bits per heavy atom. The first-order valence-electron chi connectivity index (χ1n) is 11.5. The van der Waals surface area contributed by atoms with Crippen molar-refractivity contribution in [3.8, 4) is 0 Å². The highest BCUT2D eigenvalue weighted by molar-refractivity contribution is 6.00. The number of nitrogens with one attached hydrogen (secondary N) is 2. The van der Waals surface area contributed by atoms with Crippen molar-refractivity contribution in [2.24, 2.45) is 0 Å². The van der Waals surface area contributed by atoms with Crippen LogP contribution in [0, 0.1) is 0 Å². The predicted molar refractivity (Wildman–Crippen MR) is 120 cm³/mol. The van der Waals surface area contributed by atoms with Crippen LogP contribution in [-0.4, -0.2) is 69.3 Å². The van der Waals surface area contributed by atoms with Crippen LogP contribution in [0.2, 0.25) is 0 Å². The molecule has 1 unspecified atom stereocenters. The maximum Gasteiger partial charge on any atom is 0.321 e. The quantitative estimate of drug-likeness (QED) is 0.594. The Balaban J connectivity index is 1.22. The average Bonchev–Trinajstić information content (AvgIpc) is 3.37. The second kappa shape index (κ2) is 8.10. The first kappa shape index (κ1) is 21.6. The molecule has 11 heteroatoms. The topological polar surface area (TPSA) is 109 Å². The van der Waals surface area contributed by atoms with Gasteiger partial charge in [0.25, 0.3) is 5.91 Å². The highest BCUT2D eigenvalue weighted by atomic mass is 19.2. The van der Waals surface area contributed by atoms with Crippen molar-refractivity contribution < 1.29 is 23.2 Å². The van der Waals surface area contributed by atoms with E-state index in [0.717, 1.165) is 17.5 Å². The van der Waals surface area contributed by atoms with Crippen molar-refractivity contribution in [2.75, 3.05) is 19.6 Å². The van der Waals surface area contributed by atoms with Gasteiger partial charge in [-0.15, -0.1) is 0 Å². The molecule has 6 rings (SSSR count). The summed E-state index contributed by atoms with van der Waals surface area (Å²) in [5.74, 6) is -1.01. The molecule has 180 valence electrons. The van der Waals surface area contributed by atoms with Crippen LogP contribution in [0.15, 0.2) is 42.7 Å². The summed E-state index contributed by atoms with van der Waals surface area (Å²) in [6, 6.07) is 8.53. The Morgan fingerprint density at radius 3 is 2.51 bits per heavy atom. The predicted octanol–water partition coefficient (Wildman–Crippen LogP) is 2.06. The molecule has 0 spiro atoms. The van der Waals surface area contributed by atoms with Gasteiger partial charge in [-0.3, -0.25) is 14.9 Å². The lowest BCUT2D eigenvalue weighted by Crippen LogP contribution is -2.51. The number of amides is 4. The van der Waals surface area contributed by atoms with E-state index in [4.69, 9.17) is 0 Å². The van der Waals surface area contributed by atoms with Crippen molar-refractivity contribution >= 4 is 23.5 Å². The molecule has 2 saturated heterocycles. The van der Waals surface area contributed by atoms with Crippen molar-refractivity contribution in [1.29, 1.82) is 0 Å². The number of hydrogen-bond acceptors (Lipinski definition) is 5. The average molecular weight is 480 g/mol.